The highest BCUT2D eigenvalue weighted by Crippen LogP contribution is 2.35. The van der Waals surface area contributed by atoms with Crippen LogP contribution in [0, 0.1) is 0 Å². The average Bonchev–Trinajstić information content (AvgIpc) is 2.97. The van der Waals surface area contributed by atoms with Crippen LogP contribution in [-0.4, -0.2) is 24.2 Å². The third kappa shape index (κ3) is 1.71. The summed E-state index contributed by atoms with van der Waals surface area (Å²) in [6.45, 7) is 1.92. The fraction of sp³-hybridized carbons (Fsp3) is 0.357. The number of aryl methyl sites for hydroxylation is 1. The summed E-state index contributed by atoms with van der Waals surface area (Å²) in [6.07, 6.45) is 5.95. The van der Waals surface area contributed by atoms with Gasteiger partial charge in [0.15, 0.2) is 0 Å². The molecule has 3 rings (SSSR count). The predicted molar refractivity (Wildman–Crippen MR) is 66.5 cm³/mol. The molecule has 0 saturated heterocycles. The van der Waals surface area contributed by atoms with Crippen molar-refractivity contribution in [2.24, 2.45) is 0 Å². The molecule has 1 atom stereocenters. The van der Waals surface area contributed by atoms with Crippen molar-refractivity contribution in [1.29, 1.82) is 0 Å². The summed E-state index contributed by atoms with van der Waals surface area (Å²) in [5.41, 5.74) is 3.43. The second-order valence-corrected chi connectivity index (χ2v) is 4.69. The number of carboxylic acid groups (broad SMARTS) is 1. The zero-order chi connectivity index (χ0) is 11.8. The summed E-state index contributed by atoms with van der Waals surface area (Å²) < 4.78 is 0. The lowest BCUT2D eigenvalue weighted by Crippen LogP contribution is -2.18. The Labute approximate surface area is 100 Å². The molecular formula is C14H15NO2. The van der Waals surface area contributed by atoms with Gasteiger partial charge < -0.3 is 10.0 Å². The zero-order valence-corrected chi connectivity index (χ0v) is 9.60. The van der Waals surface area contributed by atoms with Crippen molar-refractivity contribution < 1.29 is 9.90 Å². The van der Waals surface area contributed by atoms with Crippen LogP contribution in [0.2, 0.25) is 0 Å². The Kier molecular flexibility index (Phi) is 2.39. The highest BCUT2D eigenvalue weighted by atomic mass is 16.4. The molecule has 0 saturated carbocycles. The number of aliphatic carboxylic acids is 1. The monoisotopic (exact) mass is 229 g/mol. The number of rotatable bonds is 2. The van der Waals surface area contributed by atoms with Crippen molar-refractivity contribution in [2.75, 3.05) is 18.0 Å². The van der Waals surface area contributed by atoms with Crippen molar-refractivity contribution in [2.45, 2.75) is 18.8 Å². The van der Waals surface area contributed by atoms with E-state index in [1.807, 2.05) is 12.1 Å². The third-order valence-electron chi connectivity index (χ3n) is 3.69. The van der Waals surface area contributed by atoms with Crippen molar-refractivity contribution >= 4 is 11.7 Å². The molecule has 0 amide bonds. The Morgan fingerprint density at radius 2 is 2.06 bits per heavy atom. The third-order valence-corrected chi connectivity index (χ3v) is 3.69. The molecule has 1 unspecified atom stereocenters. The minimum Gasteiger partial charge on any atom is -0.481 e. The number of carboxylic acids is 1. The lowest BCUT2D eigenvalue weighted by molar-refractivity contribution is -0.138. The highest BCUT2D eigenvalue weighted by Gasteiger charge is 2.28. The van der Waals surface area contributed by atoms with E-state index in [1.165, 1.54) is 11.3 Å². The van der Waals surface area contributed by atoms with Gasteiger partial charge in [0.1, 0.15) is 0 Å². The Morgan fingerprint density at radius 1 is 1.29 bits per heavy atom. The Balaban J connectivity index is 1.90. The van der Waals surface area contributed by atoms with Gasteiger partial charge in [0.2, 0.25) is 0 Å². The molecule has 3 nitrogen and oxygen atoms in total. The molecule has 1 aliphatic heterocycles. The van der Waals surface area contributed by atoms with Gasteiger partial charge >= 0.3 is 5.97 Å². The van der Waals surface area contributed by atoms with Crippen LogP contribution in [-0.2, 0) is 11.2 Å². The second-order valence-electron chi connectivity index (χ2n) is 4.69. The van der Waals surface area contributed by atoms with Crippen LogP contribution in [0.4, 0.5) is 5.69 Å². The Morgan fingerprint density at radius 3 is 2.76 bits per heavy atom. The van der Waals surface area contributed by atoms with Crippen LogP contribution < -0.4 is 4.90 Å². The zero-order valence-electron chi connectivity index (χ0n) is 9.60. The molecule has 0 radical (unpaired) electrons. The summed E-state index contributed by atoms with van der Waals surface area (Å²) in [5.74, 6) is -0.991. The first-order valence-corrected chi connectivity index (χ1v) is 6.01. The number of fused-ring (bicyclic) bond motifs is 1. The Hall–Kier alpha value is -1.77. The summed E-state index contributed by atoms with van der Waals surface area (Å²) in [7, 11) is 0. The van der Waals surface area contributed by atoms with E-state index in [0.717, 1.165) is 31.5 Å². The van der Waals surface area contributed by atoms with Crippen LogP contribution in [0.15, 0.2) is 30.4 Å². The summed E-state index contributed by atoms with van der Waals surface area (Å²) in [4.78, 5) is 13.4. The standard InChI is InChI=1S/C14H15NO2/c16-14(17)13-5-3-10-9-11(4-6-12(10)13)15-7-1-2-8-15/h1-2,4,6,9,13H,3,5,7-8H2,(H,16,17). The molecule has 1 aliphatic carbocycles. The van der Waals surface area contributed by atoms with Crippen molar-refractivity contribution in [3.05, 3.63) is 41.5 Å². The number of hydrogen-bond acceptors (Lipinski definition) is 2. The lowest BCUT2D eigenvalue weighted by atomic mass is 10.0. The lowest BCUT2D eigenvalue weighted by Gasteiger charge is -2.19. The van der Waals surface area contributed by atoms with Gasteiger partial charge in [-0.2, -0.15) is 0 Å². The molecule has 0 spiro atoms. The van der Waals surface area contributed by atoms with Gasteiger partial charge in [-0.1, -0.05) is 18.2 Å². The fourth-order valence-corrected chi connectivity index (χ4v) is 2.75. The van der Waals surface area contributed by atoms with E-state index < -0.39 is 5.97 Å². The number of hydrogen-bond donors (Lipinski definition) is 1. The van der Waals surface area contributed by atoms with Gasteiger partial charge in [-0.05, 0) is 36.1 Å². The molecule has 0 aromatic heterocycles. The number of carbonyl (C=O) groups is 1. The summed E-state index contributed by atoms with van der Waals surface area (Å²) >= 11 is 0. The van der Waals surface area contributed by atoms with E-state index in [-0.39, 0.29) is 5.92 Å². The van der Waals surface area contributed by atoms with E-state index in [4.69, 9.17) is 5.11 Å². The SMILES string of the molecule is O=C(O)C1CCc2cc(N3CC=CC3)ccc21. The molecule has 88 valence electrons. The molecule has 1 aromatic rings. The molecule has 3 heteroatoms. The highest BCUT2D eigenvalue weighted by molar-refractivity contribution is 5.78. The fourth-order valence-electron chi connectivity index (χ4n) is 2.75. The van der Waals surface area contributed by atoms with Crippen LogP contribution >= 0.6 is 0 Å². The quantitative estimate of drug-likeness (QED) is 0.790. The van der Waals surface area contributed by atoms with E-state index in [2.05, 4.69) is 23.1 Å². The van der Waals surface area contributed by atoms with E-state index in [0.29, 0.717) is 0 Å². The molecule has 1 aromatic carbocycles. The van der Waals surface area contributed by atoms with Crippen molar-refractivity contribution in [3.63, 3.8) is 0 Å². The largest absolute Gasteiger partial charge is 0.481 e. The van der Waals surface area contributed by atoms with Gasteiger partial charge in [0.05, 0.1) is 5.92 Å². The van der Waals surface area contributed by atoms with Gasteiger partial charge in [0.25, 0.3) is 0 Å². The molecule has 2 aliphatic rings. The summed E-state index contributed by atoms with van der Waals surface area (Å²) in [6, 6.07) is 6.20. The molecule has 1 heterocycles. The summed E-state index contributed by atoms with van der Waals surface area (Å²) in [5, 5.41) is 9.12. The molecule has 0 fully saturated rings. The van der Waals surface area contributed by atoms with Gasteiger partial charge in [-0.3, -0.25) is 4.79 Å². The van der Waals surface area contributed by atoms with Crippen LogP contribution in [0.25, 0.3) is 0 Å². The first-order chi connectivity index (χ1) is 8.25. The first kappa shape index (κ1) is 10.4. The number of benzene rings is 1. The maximum Gasteiger partial charge on any atom is 0.310 e. The van der Waals surface area contributed by atoms with Crippen LogP contribution in [0.3, 0.4) is 0 Å². The number of anilines is 1. The molecule has 1 N–H and O–H groups in total. The van der Waals surface area contributed by atoms with Gasteiger partial charge in [-0.15, -0.1) is 0 Å². The van der Waals surface area contributed by atoms with Crippen molar-refractivity contribution in [1.82, 2.24) is 0 Å². The normalized spacial score (nSPS) is 21.9. The van der Waals surface area contributed by atoms with Gasteiger partial charge in [-0.25, -0.2) is 0 Å². The predicted octanol–water partition coefficient (Wildman–Crippen LogP) is 2.18. The Bertz CT molecular complexity index is 485. The van der Waals surface area contributed by atoms with Crippen LogP contribution in [0.5, 0.6) is 0 Å². The number of nitrogens with zero attached hydrogens (tertiary/aromatic N) is 1. The molecule has 0 bridgehead atoms. The average molecular weight is 229 g/mol. The maximum absolute atomic E-state index is 11.1. The van der Waals surface area contributed by atoms with E-state index >= 15 is 0 Å². The first-order valence-electron chi connectivity index (χ1n) is 6.01. The maximum atomic E-state index is 11.1. The minimum atomic E-state index is -0.695. The van der Waals surface area contributed by atoms with E-state index in [9.17, 15) is 4.79 Å². The second kappa shape index (κ2) is 3.91. The van der Waals surface area contributed by atoms with Gasteiger partial charge in [0, 0.05) is 18.8 Å². The minimum absolute atomic E-state index is 0.296. The molecule has 17 heavy (non-hydrogen) atoms. The molecular weight excluding hydrogens is 214 g/mol. The van der Waals surface area contributed by atoms with Crippen molar-refractivity contribution in [3.8, 4) is 0 Å². The topological polar surface area (TPSA) is 40.5 Å². The van der Waals surface area contributed by atoms with E-state index in [1.54, 1.807) is 0 Å². The smallest absolute Gasteiger partial charge is 0.310 e. The van der Waals surface area contributed by atoms with Crippen LogP contribution in [0.1, 0.15) is 23.5 Å².